The standard InChI is InChI=1S/C12H14ClNO2/c13-10-4-9(8-2-1-3-14-6-8)5-11-12(10)16-7-15-11/h4-5,8,14H,1-3,6-7H2. The van der Waals surface area contributed by atoms with Crippen LogP contribution in [0, 0.1) is 0 Å². The van der Waals surface area contributed by atoms with Crippen molar-refractivity contribution < 1.29 is 9.47 Å². The third kappa shape index (κ3) is 1.74. The lowest BCUT2D eigenvalue weighted by Gasteiger charge is -2.23. The lowest BCUT2D eigenvalue weighted by Crippen LogP contribution is -2.28. The Kier molecular flexibility index (Phi) is 2.65. The molecule has 2 heterocycles. The van der Waals surface area contributed by atoms with Crippen molar-refractivity contribution in [1.29, 1.82) is 0 Å². The molecule has 16 heavy (non-hydrogen) atoms. The molecule has 86 valence electrons. The normalized spacial score (nSPS) is 23.4. The molecule has 3 nitrogen and oxygen atoms in total. The van der Waals surface area contributed by atoms with Gasteiger partial charge in [0.1, 0.15) is 0 Å². The molecule has 2 aliphatic heterocycles. The summed E-state index contributed by atoms with van der Waals surface area (Å²) in [5.74, 6) is 2.02. The van der Waals surface area contributed by atoms with E-state index in [1.165, 1.54) is 18.4 Å². The van der Waals surface area contributed by atoms with Crippen molar-refractivity contribution in [2.75, 3.05) is 19.9 Å². The van der Waals surface area contributed by atoms with E-state index < -0.39 is 0 Å². The molecule has 2 aliphatic rings. The highest BCUT2D eigenvalue weighted by Gasteiger charge is 2.22. The van der Waals surface area contributed by atoms with E-state index in [1.807, 2.05) is 6.07 Å². The van der Waals surface area contributed by atoms with Gasteiger partial charge in [-0.2, -0.15) is 0 Å². The molecule has 1 unspecified atom stereocenters. The van der Waals surface area contributed by atoms with E-state index in [-0.39, 0.29) is 6.79 Å². The Labute approximate surface area is 99.7 Å². The number of fused-ring (bicyclic) bond motifs is 1. The van der Waals surface area contributed by atoms with Crippen LogP contribution in [0.4, 0.5) is 0 Å². The molecule has 1 N–H and O–H groups in total. The van der Waals surface area contributed by atoms with E-state index in [9.17, 15) is 0 Å². The summed E-state index contributed by atoms with van der Waals surface area (Å²) in [6.45, 7) is 2.42. The molecule has 0 bridgehead atoms. The lowest BCUT2D eigenvalue weighted by molar-refractivity contribution is 0.174. The van der Waals surface area contributed by atoms with Gasteiger partial charge in [0.25, 0.3) is 0 Å². The third-order valence-electron chi connectivity index (χ3n) is 3.22. The summed E-state index contributed by atoms with van der Waals surface area (Å²) in [4.78, 5) is 0. The maximum atomic E-state index is 6.17. The van der Waals surface area contributed by atoms with Crippen LogP contribution in [0.2, 0.25) is 5.02 Å². The fourth-order valence-corrected chi connectivity index (χ4v) is 2.63. The first kappa shape index (κ1) is 10.2. The van der Waals surface area contributed by atoms with Crippen LogP contribution in [-0.2, 0) is 0 Å². The van der Waals surface area contributed by atoms with Crippen molar-refractivity contribution in [3.05, 3.63) is 22.7 Å². The zero-order valence-electron chi connectivity index (χ0n) is 8.96. The predicted molar refractivity (Wildman–Crippen MR) is 62.4 cm³/mol. The van der Waals surface area contributed by atoms with Crippen LogP contribution in [0.15, 0.2) is 12.1 Å². The molecule has 0 amide bonds. The molecule has 1 atom stereocenters. The highest BCUT2D eigenvalue weighted by atomic mass is 35.5. The van der Waals surface area contributed by atoms with E-state index in [2.05, 4.69) is 11.4 Å². The minimum absolute atomic E-state index is 0.279. The lowest BCUT2D eigenvalue weighted by atomic mass is 9.91. The molecule has 1 aromatic carbocycles. The molecule has 0 radical (unpaired) electrons. The third-order valence-corrected chi connectivity index (χ3v) is 3.50. The van der Waals surface area contributed by atoms with Gasteiger partial charge in [0.2, 0.25) is 6.79 Å². The topological polar surface area (TPSA) is 30.5 Å². The Morgan fingerprint density at radius 1 is 1.31 bits per heavy atom. The van der Waals surface area contributed by atoms with E-state index in [0.29, 0.717) is 16.7 Å². The minimum Gasteiger partial charge on any atom is -0.454 e. The van der Waals surface area contributed by atoms with Crippen molar-refractivity contribution in [2.24, 2.45) is 0 Å². The Morgan fingerprint density at radius 3 is 3.06 bits per heavy atom. The highest BCUT2D eigenvalue weighted by Crippen LogP contribution is 2.42. The minimum atomic E-state index is 0.279. The van der Waals surface area contributed by atoms with E-state index >= 15 is 0 Å². The molecule has 1 saturated heterocycles. The van der Waals surface area contributed by atoms with Crippen LogP contribution in [0.1, 0.15) is 24.3 Å². The molecular weight excluding hydrogens is 226 g/mol. The summed E-state index contributed by atoms with van der Waals surface area (Å²) in [6, 6.07) is 4.07. The number of halogens is 1. The Bertz CT molecular complexity index is 402. The quantitative estimate of drug-likeness (QED) is 0.817. The summed E-state index contributed by atoms with van der Waals surface area (Å²) in [5, 5.41) is 4.07. The van der Waals surface area contributed by atoms with Crippen molar-refractivity contribution in [3.8, 4) is 11.5 Å². The van der Waals surface area contributed by atoms with Crippen molar-refractivity contribution in [1.82, 2.24) is 5.32 Å². The molecular formula is C12H14ClNO2. The summed E-state index contributed by atoms with van der Waals surface area (Å²) >= 11 is 6.17. The summed E-state index contributed by atoms with van der Waals surface area (Å²) < 4.78 is 10.7. The number of hydrogen-bond acceptors (Lipinski definition) is 3. The predicted octanol–water partition coefficient (Wildman–Crippen LogP) is 2.54. The van der Waals surface area contributed by atoms with Crippen LogP contribution in [0.3, 0.4) is 0 Å². The molecule has 1 fully saturated rings. The van der Waals surface area contributed by atoms with Gasteiger partial charge in [-0.15, -0.1) is 0 Å². The molecule has 0 aliphatic carbocycles. The average Bonchev–Trinajstić information content (AvgIpc) is 2.79. The Hall–Kier alpha value is -0.930. The monoisotopic (exact) mass is 239 g/mol. The fraction of sp³-hybridized carbons (Fsp3) is 0.500. The Morgan fingerprint density at radius 2 is 2.25 bits per heavy atom. The molecule has 0 spiro atoms. The fourth-order valence-electron chi connectivity index (χ4n) is 2.36. The van der Waals surface area contributed by atoms with Crippen LogP contribution in [0.25, 0.3) is 0 Å². The van der Waals surface area contributed by atoms with Crippen molar-refractivity contribution >= 4 is 11.6 Å². The van der Waals surface area contributed by atoms with Gasteiger partial charge >= 0.3 is 0 Å². The zero-order chi connectivity index (χ0) is 11.0. The zero-order valence-corrected chi connectivity index (χ0v) is 9.72. The van der Waals surface area contributed by atoms with Crippen LogP contribution in [-0.4, -0.2) is 19.9 Å². The number of rotatable bonds is 1. The van der Waals surface area contributed by atoms with Gasteiger partial charge in [0.15, 0.2) is 11.5 Å². The molecule has 3 rings (SSSR count). The van der Waals surface area contributed by atoms with E-state index in [1.54, 1.807) is 0 Å². The van der Waals surface area contributed by atoms with Crippen LogP contribution >= 0.6 is 11.6 Å². The van der Waals surface area contributed by atoms with Crippen molar-refractivity contribution in [3.63, 3.8) is 0 Å². The maximum Gasteiger partial charge on any atom is 0.231 e. The van der Waals surface area contributed by atoms with Crippen LogP contribution in [0.5, 0.6) is 11.5 Å². The second-order valence-corrected chi connectivity index (χ2v) is 4.69. The van der Waals surface area contributed by atoms with Gasteiger partial charge in [0, 0.05) is 6.54 Å². The summed E-state index contributed by atoms with van der Waals surface area (Å²) in [5.41, 5.74) is 1.25. The van der Waals surface area contributed by atoms with Gasteiger partial charge in [-0.25, -0.2) is 0 Å². The molecule has 1 aromatic rings. The Balaban J connectivity index is 1.92. The molecule has 4 heteroatoms. The van der Waals surface area contributed by atoms with Crippen molar-refractivity contribution in [2.45, 2.75) is 18.8 Å². The number of nitrogens with one attached hydrogen (secondary N) is 1. The van der Waals surface area contributed by atoms with E-state index in [4.69, 9.17) is 21.1 Å². The van der Waals surface area contributed by atoms with E-state index in [0.717, 1.165) is 18.8 Å². The summed E-state index contributed by atoms with van der Waals surface area (Å²) in [7, 11) is 0. The van der Waals surface area contributed by atoms with Gasteiger partial charge in [-0.1, -0.05) is 11.6 Å². The van der Waals surface area contributed by atoms with Crippen LogP contribution < -0.4 is 14.8 Å². The number of hydrogen-bond donors (Lipinski definition) is 1. The highest BCUT2D eigenvalue weighted by molar-refractivity contribution is 6.32. The van der Waals surface area contributed by atoms with Gasteiger partial charge in [-0.05, 0) is 43.0 Å². The second-order valence-electron chi connectivity index (χ2n) is 4.28. The molecule has 0 saturated carbocycles. The number of benzene rings is 1. The second kappa shape index (κ2) is 4.15. The smallest absolute Gasteiger partial charge is 0.231 e. The first-order valence-corrected chi connectivity index (χ1v) is 6.02. The first-order chi connectivity index (χ1) is 7.84. The summed E-state index contributed by atoms with van der Waals surface area (Å²) in [6.07, 6.45) is 2.43. The van der Waals surface area contributed by atoms with Gasteiger partial charge in [0.05, 0.1) is 5.02 Å². The average molecular weight is 240 g/mol. The number of piperidine rings is 1. The largest absolute Gasteiger partial charge is 0.454 e. The maximum absolute atomic E-state index is 6.17. The van der Waals surface area contributed by atoms with Gasteiger partial charge < -0.3 is 14.8 Å². The number of ether oxygens (including phenoxy) is 2. The van der Waals surface area contributed by atoms with Gasteiger partial charge in [-0.3, -0.25) is 0 Å². The molecule has 0 aromatic heterocycles. The SMILES string of the molecule is Clc1cc(C2CCCNC2)cc2c1OCO2. The first-order valence-electron chi connectivity index (χ1n) is 5.64.